The molecule has 1 aliphatic heterocycles. The molecule has 0 radical (unpaired) electrons. The fourth-order valence-corrected chi connectivity index (χ4v) is 7.27. The lowest BCUT2D eigenvalue weighted by molar-refractivity contribution is -0.123. The Bertz CT molecular complexity index is 1030. The Morgan fingerprint density at radius 1 is 0.967 bits per heavy atom. The number of carbonyl (C=O) groups excluding carboxylic acids is 3. The average Bonchev–Trinajstić information content (AvgIpc) is 3.42. The number of rotatable bonds is 3. The van der Waals surface area contributed by atoms with Gasteiger partial charge >= 0.3 is 0 Å². The van der Waals surface area contributed by atoms with Crippen LogP contribution in [-0.2, 0) is 9.59 Å². The third kappa shape index (κ3) is 2.76. The minimum atomic E-state index is -0.292. The number of fused-ring (bicyclic) bond motifs is 5. The molecule has 2 aromatic rings. The SMILES string of the molecule is Cc1ccc(C)n1NC(=O)c1cccc(N2C(=O)[C@@H]3[C@H]4C[C@@H]([C@@H](Br)[C@H]4Br)[C@H]3C2=O)c1. The van der Waals surface area contributed by atoms with Crippen LogP contribution in [0, 0.1) is 37.5 Å². The molecular weight excluding hydrogens is 514 g/mol. The Balaban J connectivity index is 1.43. The monoisotopic (exact) mass is 533 g/mol. The molecule has 6 atom stereocenters. The molecule has 156 valence electrons. The smallest absolute Gasteiger partial charge is 0.270 e. The molecule has 30 heavy (non-hydrogen) atoms. The molecule has 6 nitrogen and oxygen atoms in total. The number of halogens is 2. The van der Waals surface area contributed by atoms with Gasteiger partial charge in [0.15, 0.2) is 0 Å². The second-order valence-corrected chi connectivity index (χ2v) is 10.6. The molecule has 3 aliphatic rings. The van der Waals surface area contributed by atoms with Crippen LogP contribution >= 0.6 is 31.9 Å². The summed E-state index contributed by atoms with van der Waals surface area (Å²) < 4.78 is 1.72. The summed E-state index contributed by atoms with van der Waals surface area (Å²) in [5, 5.41) is 0. The van der Waals surface area contributed by atoms with E-state index in [1.165, 1.54) is 4.90 Å². The summed E-state index contributed by atoms with van der Waals surface area (Å²) in [6.07, 6.45) is 0.893. The number of anilines is 1. The number of benzene rings is 1. The lowest BCUT2D eigenvalue weighted by Crippen LogP contribution is -2.37. The first-order chi connectivity index (χ1) is 14.3. The van der Waals surface area contributed by atoms with Crippen molar-refractivity contribution in [3.8, 4) is 0 Å². The van der Waals surface area contributed by atoms with Crippen molar-refractivity contribution < 1.29 is 14.4 Å². The van der Waals surface area contributed by atoms with Crippen molar-refractivity contribution in [2.75, 3.05) is 10.3 Å². The first-order valence-electron chi connectivity index (χ1n) is 10.0. The summed E-state index contributed by atoms with van der Waals surface area (Å²) >= 11 is 7.41. The van der Waals surface area contributed by atoms with Crippen LogP contribution in [-0.4, -0.2) is 32.1 Å². The minimum Gasteiger partial charge on any atom is -0.274 e. The Morgan fingerprint density at radius 2 is 1.53 bits per heavy atom. The van der Waals surface area contributed by atoms with Gasteiger partial charge in [0.25, 0.3) is 5.91 Å². The van der Waals surface area contributed by atoms with Crippen LogP contribution in [0.2, 0.25) is 0 Å². The molecule has 0 spiro atoms. The average molecular weight is 535 g/mol. The summed E-state index contributed by atoms with van der Waals surface area (Å²) in [4.78, 5) is 41.0. The molecule has 1 N–H and O–H groups in total. The Hall–Kier alpha value is -1.93. The lowest BCUT2D eigenvalue weighted by atomic mass is 9.81. The number of amides is 3. The van der Waals surface area contributed by atoms with Crippen LogP contribution in [0.1, 0.15) is 28.2 Å². The van der Waals surface area contributed by atoms with Crippen molar-refractivity contribution in [1.29, 1.82) is 0 Å². The predicted molar refractivity (Wildman–Crippen MR) is 121 cm³/mol. The number of aryl methyl sites for hydroxylation is 2. The first-order valence-corrected chi connectivity index (χ1v) is 11.8. The van der Waals surface area contributed by atoms with Gasteiger partial charge in [-0.15, -0.1) is 0 Å². The summed E-state index contributed by atoms with van der Waals surface area (Å²) in [5.41, 5.74) is 5.56. The zero-order chi connectivity index (χ0) is 21.3. The van der Waals surface area contributed by atoms with Gasteiger partial charge < -0.3 is 0 Å². The van der Waals surface area contributed by atoms with Crippen molar-refractivity contribution in [3.05, 3.63) is 53.3 Å². The largest absolute Gasteiger partial charge is 0.274 e. The molecule has 0 unspecified atom stereocenters. The second kappa shape index (κ2) is 7.05. The van der Waals surface area contributed by atoms with Crippen LogP contribution in [0.3, 0.4) is 0 Å². The van der Waals surface area contributed by atoms with Crippen molar-refractivity contribution >= 4 is 55.3 Å². The number of carbonyl (C=O) groups is 3. The molecule has 3 amide bonds. The van der Waals surface area contributed by atoms with Crippen molar-refractivity contribution in [1.82, 2.24) is 4.68 Å². The van der Waals surface area contributed by atoms with Crippen LogP contribution in [0.5, 0.6) is 0 Å². The van der Waals surface area contributed by atoms with E-state index >= 15 is 0 Å². The van der Waals surface area contributed by atoms with E-state index in [1.807, 2.05) is 26.0 Å². The normalized spacial score (nSPS) is 32.1. The molecule has 8 heteroatoms. The molecule has 2 bridgehead atoms. The van der Waals surface area contributed by atoms with E-state index < -0.39 is 0 Å². The summed E-state index contributed by atoms with van der Waals surface area (Å²) in [6.45, 7) is 3.82. The highest BCUT2D eigenvalue weighted by Crippen LogP contribution is 2.60. The molecule has 2 saturated carbocycles. The number of imide groups is 1. The fraction of sp³-hybridized carbons (Fsp3) is 0.409. The third-order valence-electron chi connectivity index (χ3n) is 6.84. The molecule has 1 saturated heterocycles. The van der Waals surface area contributed by atoms with Gasteiger partial charge in [-0.3, -0.25) is 29.4 Å². The number of nitrogens with zero attached hydrogens (tertiary/aromatic N) is 2. The second-order valence-electron chi connectivity index (χ2n) is 8.46. The van der Waals surface area contributed by atoms with E-state index in [9.17, 15) is 14.4 Å². The van der Waals surface area contributed by atoms with Gasteiger partial charge in [-0.1, -0.05) is 37.9 Å². The van der Waals surface area contributed by atoms with Gasteiger partial charge in [-0.2, -0.15) is 0 Å². The summed E-state index contributed by atoms with van der Waals surface area (Å²) in [5.74, 6) is -0.799. The van der Waals surface area contributed by atoms with Crippen molar-refractivity contribution in [2.45, 2.75) is 29.9 Å². The highest BCUT2D eigenvalue weighted by atomic mass is 79.9. The first kappa shape index (κ1) is 20.0. The third-order valence-corrected chi connectivity index (χ3v) is 10.0. The Kier molecular flexibility index (Phi) is 4.70. The summed E-state index contributed by atoms with van der Waals surface area (Å²) in [7, 11) is 0. The number of hydrogen-bond donors (Lipinski definition) is 1. The highest BCUT2D eigenvalue weighted by molar-refractivity contribution is 9.12. The summed E-state index contributed by atoms with van der Waals surface area (Å²) in [6, 6.07) is 10.6. The molecule has 2 aliphatic carbocycles. The number of alkyl halides is 2. The lowest BCUT2D eigenvalue weighted by Gasteiger charge is -2.28. The maximum absolute atomic E-state index is 13.2. The van der Waals surface area contributed by atoms with E-state index in [-0.39, 0.29) is 51.0 Å². The highest BCUT2D eigenvalue weighted by Gasteiger charge is 2.66. The van der Waals surface area contributed by atoms with E-state index in [4.69, 9.17) is 0 Å². The molecule has 3 fully saturated rings. The Labute approximate surface area is 191 Å². The maximum Gasteiger partial charge on any atom is 0.270 e. The molecule has 1 aromatic carbocycles. The number of aromatic nitrogens is 1. The van der Waals surface area contributed by atoms with E-state index in [0.29, 0.717) is 11.3 Å². The van der Waals surface area contributed by atoms with E-state index in [0.717, 1.165) is 17.8 Å². The van der Waals surface area contributed by atoms with Crippen LogP contribution in [0.25, 0.3) is 0 Å². The van der Waals surface area contributed by atoms with Gasteiger partial charge in [0.05, 0.1) is 17.5 Å². The molecule has 5 rings (SSSR count). The van der Waals surface area contributed by atoms with Crippen molar-refractivity contribution in [3.63, 3.8) is 0 Å². The zero-order valence-corrected chi connectivity index (χ0v) is 19.7. The molecular formula is C22H21Br2N3O3. The van der Waals surface area contributed by atoms with Gasteiger partial charge in [-0.05, 0) is 62.4 Å². The maximum atomic E-state index is 13.2. The van der Waals surface area contributed by atoms with E-state index in [2.05, 4.69) is 37.3 Å². The predicted octanol–water partition coefficient (Wildman–Crippen LogP) is 3.77. The minimum absolute atomic E-state index is 0.143. The van der Waals surface area contributed by atoms with Crippen LogP contribution in [0.15, 0.2) is 36.4 Å². The number of nitrogens with one attached hydrogen (secondary N) is 1. The van der Waals surface area contributed by atoms with Gasteiger partial charge in [0.2, 0.25) is 11.8 Å². The van der Waals surface area contributed by atoms with Gasteiger partial charge in [0, 0.05) is 26.6 Å². The van der Waals surface area contributed by atoms with Crippen molar-refractivity contribution in [2.24, 2.45) is 23.7 Å². The quantitative estimate of drug-likeness (QED) is 0.481. The standard InChI is InChI=1S/C22H21Br2N3O3/c1-10-6-7-11(2)27(10)25-20(28)12-4-3-5-13(8-12)26-21(29)16-14-9-15(17(16)22(26)30)19(24)18(14)23/h3-8,14-19H,9H2,1-2H3,(H,25,28)/t14-,15-,16-,17-,18-,19+/m1/s1. The molecule has 2 heterocycles. The Morgan fingerprint density at radius 3 is 2.10 bits per heavy atom. The van der Waals surface area contributed by atoms with Crippen LogP contribution in [0.4, 0.5) is 5.69 Å². The fourth-order valence-electron chi connectivity index (χ4n) is 5.40. The zero-order valence-electron chi connectivity index (χ0n) is 16.5. The molecule has 1 aromatic heterocycles. The number of hydrogen-bond acceptors (Lipinski definition) is 3. The van der Waals surface area contributed by atoms with E-state index in [1.54, 1.807) is 28.9 Å². The topological polar surface area (TPSA) is 71.4 Å². The van der Waals surface area contributed by atoms with Gasteiger partial charge in [0.1, 0.15) is 0 Å². The van der Waals surface area contributed by atoms with Gasteiger partial charge in [-0.25, -0.2) is 0 Å². The van der Waals surface area contributed by atoms with Crippen LogP contribution < -0.4 is 10.3 Å².